The normalized spacial score (nSPS) is 12.5. The van der Waals surface area contributed by atoms with E-state index in [1.165, 1.54) is 16.5 Å². The molecule has 0 atom stereocenters. The van der Waals surface area contributed by atoms with Crippen LogP contribution in [0, 0.1) is 0 Å². The van der Waals surface area contributed by atoms with Gasteiger partial charge < -0.3 is 8.84 Å². The number of rotatable bonds is 4. The molecule has 0 saturated carbocycles. The van der Waals surface area contributed by atoms with E-state index < -0.39 is 8.32 Å². The summed E-state index contributed by atoms with van der Waals surface area (Å²) in [6.07, 6.45) is 2.74. The Morgan fingerprint density at radius 2 is 1.62 bits per heavy atom. The van der Waals surface area contributed by atoms with Crippen molar-refractivity contribution in [3.8, 4) is 5.75 Å². The van der Waals surface area contributed by atoms with Crippen LogP contribution in [0.4, 0.5) is 0 Å². The average molecular weight is 339 g/mol. The van der Waals surface area contributed by atoms with Crippen molar-refractivity contribution >= 4 is 19.3 Å². The predicted molar refractivity (Wildman–Crippen MR) is 103 cm³/mol. The zero-order valence-electron chi connectivity index (χ0n) is 15.2. The first-order chi connectivity index (χ1) is 11.3. The largest absolute Gasteiger partial charge is 0.544 e. The van der Waals surface area contributed by atoms with Gasteiger partial charge in [-0.3, -0.25) is 0 Å². The molecule has 1 aromatic heterocycles. The summed E-state index contributed by atoms with van der Waals surface area (Å²) in [4.78, 5) is 0. The zero-order chi connectivity index (χ0) is 17.4. The fourth-order valence-corrected chi connectivity index (χ4v) is 3.54. The number of hydrogen-bond donors (Lipinski definition) is 0. The molecule has 0 N–H and O–H groups in total. The second-order valence-electron chi connectivity index (χ2n) is 7.94. The van der Waals surface area contributed by atoms with Gasteiger partial charge in [-0.1, -0.05) is 51.1 Å². The summed E-state index contributed by atoms with van der Waals surface area (Å²) in [5, 5.41) is 1.40. The summed E-state index contributed by atoms with van der Waals surface area (Å²) < 4.78 is 12.0. The first-order valence-corrected chi connectivity index (χ1v) is 11.4. The van der Waals surface area contributed by atoms with E-state index in [1.54, 1.807) is 0 Å². The van der Waals surface area contributed by atoms with Crippen LogP contribution in [0.3, 0.4) is 0 Å². The molecule has 0 fully saturated rings. The summed E-state index contributed by atoms with van der Waals surface area (Å²) in [6, 6.07) is 16.7. The van der Waals surface area contributed by atoms with Gasteiger partial charge in [0.15, 0.2) is 0 Å². The SMILES string of the molecule is CC(C)(C)[Si](C)(C)Oc1ccc(Cc2coc3ccccc23)cc1. The highest BCUT2D eigenvalue weighted by Gasteiger charge is 2.38. The smallest absolute Gasteiger partial charge is 0.250 e. The molecule has 0 unspecified atom stereocenters. The topological polar surface area (TPSA) is 22.4 Å². The van der Waals surface area contributed by atoms with Crippen LogP contribution >= 0.6 is 0 Å². The van der Waals surface area contributed by atoms with Gasteiger partial charge in [0, 0.05) is 17.4 Å². The summed E-state index contributed by atoms with van der Waals surface area (Å²) in [5.74, 6) is 0.974. The molecule has 2 aromatic carbocycles. The van der Waals surface area contributed by atoms with Crippen molar-refractivity contribution < 1.29 is 8.84 Å². The highest BCUT2D eigenvalue weighted by molar-refractivity contribution is 6.74. The van der Waals surface area contributed by atoms with Gasteiger partial charge in [0.05, 0.1) is 6.26 Å². The Bertz CT molecular complexity index is 823. The Morgan fingerprint density at radius 3 is 2.29 bits per heavy atom. The molecule has 0 bridgehead atoms. The maximum Gasteiger partial charge on any atom is 0.250 e. The Kier molecular flexibility index (Phi) is 4.30. The van der Waals surface area contributed by atoms with Crippen molar-refractivity contribution in [2.45, 2.75) is 45.3 Å². The van der Waals surface area contributed by atoms with Gasteiger partial charge in [-0.2, -0.15) is 0 Å². The number of para-hydroxylation sites is 1. The van der Waals surface area contributed by atoms with Crippen molar-refractivity contribution in [1.29, 1.82) is 0 Å². The third-order valence-corrected chi connectivity index (χ3v) is 9.42. The standard InChI is InChI=1S/C21H26O2Si/c1-21(2,3)24(4,5)23-18-12-10-16(11-13-18)14-17-15-22-20-9-7-6-8-19(17)20/h6-13,15H,14H2,1-5H3. The van der Waals surface area contributed by atoms with Crippen molar-refractivity contribution in [2.75, 3.05) is 0 Å². The van der Waals surface area contributed by atoms with Gasteiger partial charge in [-0.05, 0) is 41.9 Å². The summed E-state index contributed by atoms with van der Waals surface area (Å²) in [7, 11) is -1.78. The van der Waals surface area contributed by atoms with Crippen molar-refractivity contribution in [2.24, 2.45) is 0 Å². The molecule has 1 heterocycles. The Labute approximate surface area is 145 Å². The average Bonchev–Trinajstić information content (AvgIpc) is 2.91. The van der Waals surface area contributed by atoms with Gasteiger partial charge >= 0.3 is 0 Å². The molecule has 0 aliphatic rings. The molecule has 3 heteroatoms. The highest BCUT2D eigenvalue weighted by atomic mass is 28.4. The van der Waals surface area contributed by atoms with Crippen LogP contribution in [0.1, 0.15) is 31.9 Å². The van der Waals surface area contributed by atoms with Gasteiger partial charge in [-0.25, -0.2) is 0 Å². The van der Waals surface area contributed by atoms with Crippen LogP contribution in [-0.2, 0) is 6.42 Å². The van der Waals surface area contributed by atoms with E-state index in [-0.39, 0.29) is 5.04 Å². The first kappa shape index (κ1) is 16.8. The first-order valence-electron chi connectivity index (χ1n) is 8.49. The molecule has 0 aliphatic carbocycles. The van der Waals surface area contributed by atoms with Crippen molar-refractivity contribution in [3.63, 3.8) is 0 Å². The van der Waals surface area contributed by atoms with E-state index in [0.29, 0.717) is 0 Å². The van der Waals surface area contributed by atoms with Crippen molar-refractivity contribution in [1.82, 2.24) is 0 Å². The van der Waals surface area contributed by atoms with Gasteiger partial charge in [-0.15, -0.1) is 0 Å². The lowest BCUT2D eigenvalue weighted by Gasteiger charge is -2.36. The van der Waals surface area contributed by atoms with Crippen LogP contribution in [0.5, 0.6) is 5.75 Å². The molecular formula is C21H26O2Si. The minimum atomic E-state index is -1.78. The Hall–Kier alpha value is -2.00. The Morgan fingerprint density at radius 1 is 0.958 bits per heavy atom. The predicted octanol–water partition coefficient (Wildman–Crippen LogP) is 6.41. The lowest BCUT2D eigenvalue weighted by molar-refractivity contribution is 0.492. The molecule has 0 spiro atoms. The third kappa shape index (κ3) is 3.41. The second-order valence-corrected chi connectivity index (χ2v) is 12.7. The molecule has 0 radical (unpaired) electrons. The zero-order valence-corrected chi connectivity index (χ0v) is 16.2. The molecule has 24 heavy (non-hydrogen) atoms. The molecule has 0 saturated heterocycles. The Balaban J connectivity index is 1.75. The molecule has 3 aromatic rings. The van der Waals surface area contributed by atoms with E-state index >= 15 is 0 Å². The molecular weight excluding hydrogens is 312 g/mol. The minimum Gasteiger partial charge on any atom is -0.544 e. The number of hydrogen-bond acceptors (Lipinski definition) is 2. The molecule has 0 amide bonds. The lowest BCUT2D eigenvalue weighted by atomic mass is 10.0. The highest BCUT2D eigenvalue weighted by Crippen LogP contribution is 2.37. The maximum atomic E-state index is 6.35. The van der Waals surface area contributed by atoms with E-state index in [2.05, 4.69) is 70.3 Å². The third-order valence-electron chi connectivity index (χ3n) is 5.06. The van der Waals surface area contributed by atoms with Crippen molar-refractivity contribution in [3.05, 3.63) is 65.9 Å². The lowest BCUT2D eigenvalue weighted by Crippen LogP contribution is -2.43. The number of benzene rings is 2. The quantitative estimate of drug-likeness (QED) is 0.513. The van der Waals surface area contributed by atoms with E-state index in [1.807, 2.05) is 18.4 Å². The number of furan rings is 1. The van der Waals surface area contributed by atoms with E-state index in [9.17, 15) is 0 Å². The molecule has 126 valence electrons. The second kappa shape index (κ2) is 6.13. The summed E-state index contributed by atoms with van der Waals surface area (Å²) in [6.45, 7) is 11.3. The fourth-order valence-electron chi connectivity index (χ4n) is 2.51. The van der Waals surface area contributed by atoms with Gasteiger partial charge in [0.1, 0.15) is 11.3 Å². The van der Waals surface area contributed by atoms with Crippen LogP contribution < -0.4 is 4.43 Å². The van der Waals surface area contributed by atoms with E-state index in [0.717, 1.165) is 17.8 Å². The van der Waals surface area contributed by atoms with Gasteiger partial charge in [0.2, 0.25) is 8.32 Å². The fraction of sp³-hybridized carbons (Fsp3) is 0.333. The van der Waals surface area contributed by atoms with Crippen LogP contribution in [0.2, 0.25) is 18.1 Å². The summed E-state index contributed by atoms with van der Waals surface area (Å²) >= 11 is 0. The number of fused-ring (bicyclic) bond motifs is 1. The molecule has 2 nitrogen and oxygen atoms in total. The monoisotopic (exact) mass is 338 g/mol. The van der Waals surface area contributed by atoms with Crippen LogP contribution in [0.15, 0.2) is 59.2 Å². The molecule has 3 rings (SSSR count). The minimum absolute atomic E-state index is 0.210. The van der Waals surface area contributed by atoms with Gasteiger partial charge in [0.25, 0.3) is 0 Å². The summed E-state index contributed by atoms with van der Waals surface area (Å²) in [5.41, 5.74) is 3.44. The van der Waals surface area contributed by atoms with Crippen LogP contribution in [0.25, 0.3) is 11.0 Å². The van der Waals surface area contributed by atoms with E-state index in [4.69, 9.17) is 8.84 Å². The molecule has 0 aliphatic heterocycles. The van der Waals surface area contributed by atoms with Crippen LogP contribution in [-0.4, -0.2) is 8.32 Å². The maximum absolute atomic E-state index is 6.35.